The largest absolute Gasteiger partial charge is 0.361 e. The fraction of sp³-hybridized carbons (Fsp3) is 0.174. The smallest absolute Gasteiger partial charge is 0.244 e. The van der Waals surface area contributed by atoms with Crippen LogP contribution in [0.15, 0.2) is 53.8 Å². The number of hydrogen-bond acceptors (Lipinski definition) is 3. The van der Waals surface area contributed by atoms with Crippen molar-refractivity contribution >= 4 is 46.2 Å². The number of carbonyl (C=O) groups is 1. The molecule has 0 spiro atoms. The van der Waals surface area contributed by atoms with Gasteiger partial charge in [-0.25, -0.2) is 5.43 Å². The molecule has 0 bridgehead atoms. The molecule has 6 nitrogen and oxygen atoms in total. The van der Waals surface area contributed by atoms with Crippen molar-refractivity contribution in [1.82, 2.24) is 20.2 Å². The zero-order chi connectivity index (χ0) is 22.0. The molecule has 0 saturated heterocycles. The Bertz CT molecular complexity index is 1270. The Morgan fingerprint density at radius 1 is 1.16 bits per heavy atom. The third-order valence-electron chi connectivity index (χ3n) is 5.22. The molecule has 0 aliphatic rings. The summed E-state index contributed by atoms with van der Waals surface area (Å²) >= 11 is 12.6. The number of H-pyrrole nitrogens is 1. The van der Waals surface area contributed by atoms with Gasteiger partial charge in [-0.1, -0.05) is 47.5 Å². The molecule has 31 heavy (non-hydrogen) atoms. The maximum atomic E-state index is 12.3. The monoisotopic (exact) mass is 453 g/mol. The lowest BCUT2D eigenvalue weighted by atomic mass is 10.1. The molecular weight excluding hydrogens is 433 g/mol. The summed E-state index contributed by atoms with van der Waals surface area (Å²) < 4.78 is 1.83. The van der Waals surface area contributed by atoms with Crippen LogP contribution in [0.1, 0.15) is 28.1 Å². The van der Waals surface area contributed by atoms with E-state index in [1.165, 1.54) is 0 Å². The number of fused-ring (bicyclic) bond motifs is 1. The Labute approximate surface area is 189 Å². The van der Waals surface area contributed by atoms with Crippen molar-refractivity contribution in [1.29, 1.82) is 0 Å². The molecule has 0 aliphatic heterocycles. The summed E-state index contributed by atoms with van der Waals surface area (Å²) in [6, 6.07) is 13.3. The zero-order valence-electron chi connectivity index (χ0n) is 17.1. The molecular formula is C23H21Cl2N5O. The lowest BCUT2D eigenvalue weighted by Gasteiger charge is -2.08. The Kier molecular flexibility index (Phi) is 6.11. The zero-order valence-corrected chi connectivity index (χ0v) is 18.6. The van der Waals surface area contributed by atoms with E-state index in [1.54, 1.807) is 18.3 Å². The number of aromatic amines is 1. The van der Waals surface area contributed by atoms with Crippen LogP contribution in [0.4, 0.5) is 0 Å². The van der Waals surface area contributed by atoms with E-state index >= 15 is 0 Å². The molecule has 2 heterocycles. The van der Waals surface area contributed by atoms with Crippen LogP contribution in [0.2, 0.25) is 10.0 Å². The highest BCUT2D eigenvalue weighted by Gasteiger charge is 2.14. The van der Waals surface area contributed by atoms with E-state index in [-0.39, 0.29) is 12.3 Å². The number of carbonyl (C=O) groups excluding carboxylic acids is 1. The van der Waals surface area contributed by atoms with E-state index in [0.717, 1.165) is 39.0 Å². The number of para-hydroxylation sites is 1. The van der Waals surface area contributed by atoms with Crippen molar-refractivity contribution in [2.24, 2.45) is 5.10 Å². The first-order valence-electron chi connectivity index (χ1n) is 9.78. The van der Waals surface area contributed by atoms with Crippen molar-refractivity contribution < 1.29 is 4.79 Å². The second kappa shape index (κ2) is 8.96. The average molecular weight is 454 g/mol. The predicted octanol–water partition coefficient (Wildman–Crippen LogP) is 5.03. The third-order valence-corrected chi connectivity index (χ3v) is 5.92. The van der Waals surface area contributed by atoms with Gasteiger partial charge in [-0.15, -0.1) is 0 Å². The molecule has 0 aliphatic carbocycles. The summed E-state index contributed by atoms with van der Waals surface area (Å²) in [5, 5.41) is 10.9. The standard InChI is InChI=1S/C23H21Cl2N5O/c1-14-18(15(2)30(29-14)13-19-20(24)7-5-8-21(19)25)12-27-28-23(31)10-16-11-26-22-9-4-3-6-17(16)22/h3-9,11-12,26H,10,13H2,1-2H3,(H,28,31). The van der Waals surface area contributed by atoms with Gasteiger partial charge in [0.1, 0.15) is 0 Å². The number of hydrogen-bond donors (Lipinski definition) is 2. The summed E-state index contributed by atoms with van der Waals surface area (Å²) in [4.78, 5) is 15.5. The molecule has 4 aromatic rings. The molecule has 8 heteroatoms. The SMILES string of the molecule is Cc1nn(Cc2c(Cl)cccc2Cl)c(C)c1C=NNC(=O)Cc1c[nH]c2ccccc12. The molecule has 0 fully saturated rings. The topological polar surface area (TPSA) is 75.1 Å². The lowest BCUT2D eigenvalue weighted by Crippen LogP contribution is -2.19. The van der Waals surface area contributed by atoms with Crippen molar-refractivity contribution in [2.45, 2.75) is 26.8 Å². The summed E-state index contributed by atoms with van der Waals surface area (Å²) in [6.07, 6.45) is 3.71. The second-order valence-electron chi connectivity index (χ2n) is 7.27. The number of aryl methyl sites for hydroxylation is 1. The quantitative estimate of drug-likeness (QED) is 0.317. The Hall–Kier alpha value is -3.09. The highest BCUT2D eigenvalue weighted by Crippen LogP contribution is 2.26. The molecule has 0 radical (unpaired) electrons. The van der Waals surface area contributed by atoms with Gasteiger partial charge in [-0.2, -0.15) is 10.2 Å². The Morgan fingerprint density at radius 3 is 2.68 bits per heavy atom. The van der Waals surface area contributed by atoms with Crippen molar-refractivity contribution in [3.05, 3.63) is 86.8 Å². The fourth-order valence-electron chi connectivity index (χ4n) is 3.54. The van der Waals surface area contributed by atoms with Crippen LogP contribution >= 0.6 is 23.2 Å². The van der Waals surface area contributed by atoms with Gasteiger partial charge in [0.2, 0.25) is 5.91 Å². The van der Waals surface area contributed by atoms with Crippen LogP contribution in [-0.2, 0) is 17.8 Å². The van der Waals surface area contributed by atoms with E-state index in [2.05, 4.69) is 20.6 Å². The van der Waals surface area contributed by atoms with Gasteiger partial charge >= 0.3 is 0 Å². The van der Waals surface area contributed by atoms with Gasteiger partial charge in [0.05, 0.1) is 24.9 Å². The number of halogens is 2. The number of nitrogens with zero attached hydrogens (tertiary/aromatic N) is 3. The molecule has 0 atom stereocenters. The van der Waals surface area contributed by atoms with Gasteiger partial charge in [-0.05, 0) is 37.6 Å². The Morgan fingerprint density at radius 2 is 1.90 bits per heavy atom. The molecule has 158 valence electrons. The molecule has 4 rings (SSSR count). The summed E-state index contributed by atoms with van der Waals surface area (Å²) in [6.45, 7) is 4.29. The van der Waals surface area contributed by atoms with Crippen LogP contribution in [0.5, 0.6) is 0 Å². The van der Waals surface area contributed by atoms with Crippen LogP contribution in [0.3, 0.4) is 0 Å². The molecule has 0 unspecified atom stereocenters. The minimum absolute atomic E-state index is 0.188. The molecule has 2 aromatic heterocycles. The number of hydrazone groups is 1. The van der Waals surface area contributed by atoms with Crippen LogP contribution in [0, 0.1) is 13.8 Å². The van der Waals surface area contributed by atoms with E-state index in [4.69, 9.17) is 23.2 Å². The summed E-state index contributed by atoms with van der Waals surface area (Å²) in [5.41, 5.74) is 7.90. The van der Waals surface area contributed by atoms with E-state index in [0.29, 0.717) is 16.6 Å². The van der Waals surface area contributed by atoms with Gasteiger partial charge in [0, 0.05) is 44.0 Å². The molecule has 1 amide bonds. The van der Waals surface area contributed by atoms with Crippen LogP contribution in [-0.4, -0.2) is 26.9 Å². The predicted molar refractivity (Wildman–Crippen MR) is 125 cm³/mol. The fourth-order valence-corrected chi connectivity index (χ4v) is 4.06. The molecule has 2 aromatic carbocycles. The first kappa shape index (κ1) is 21.2. The van der Waals surface area contributed by atoms with Gasteiger partial charge in [-0.3, -0.25) is 9.48 Å². The van der Waals surface area contributed by atoms with Crippen molar-refractivity contribution in [3.63, 3.8) is 0 Å². The molecule has 2 N–H and O–H groups in total. The third kappa shape index (κ3) is 4.50. The van der Waals surface area contributed by atoms with E-state index in [9.17, 15) is 4.79 Å². The summed E-state index contributed by atoms with van der Waals surface area (Å²) in [5.74, 6) is -0.188. The maximum Gasteiger partial charge on any atom is 0.244 e. The number of amides is 1. The highest BCUT2D eigenvalue weighted by molar-refractivity contribution is 6.36. The van der Waals surface area contributed by atoms with Crippen molar-refractivity contribution in [2.75, 3.05) is 0 Å². The van der Waals surface area contributed by atoms with Crippen LogP contribution in [0.25, 0.3) is 10.9 Å². The normalized spacial score (nSPS) is 11.5. The number of nitrogens with one attached hydrogen (secondary N) is 2. The highest BCUT2D eigenvalue weighted by atomic mass is 35.5. The number of rotatable bonds is 6. The lowest BCUT2D eigenvalue weighted by molar-refractivity contribution is -0.120. The van der Waals surface area contributed by atoms with E-state index in [1.807, 2.05) is 55.1 Å². The Balaban J connectivity index is 1.45. The van der Waals surface area contributed by atoms with Crippen molar-refractivity contribution in [3.8, 4) is 0 Å². The summed E-state index contributed by atoms with van der Waals surface area (Å²) in [7, 11) is 0. The van der Waals surface area contributed by atoms with Crippen LogP contribution < -0.4 is 5.43 Å². The average Bonchev–Trinajstić information content (AvgIpc) is 3.26. The van der Waals surface area contributed by atoms with Gasteiger partial charge in [0.15, 0.2) is 0 Å². The first-order chi connectivity index (χ1) is 14.9. The maximum absolute atomic E-state index is 12.3. The molecule has 0 saturated carbocycles. The second-order valence-corrected chi connectivity index (χ2v) is 8.09. The number of benzene rings is 2. The van der Waals surface area contributed by atoms with Gasteiger partial charge < -0.3 is 4.98 Å². The number of aromatic nitrogens is 3. The van der Waals surface area contributed by atoms with E-state index < -0.39 is 0 Å². The minimum Gasteiger partial charge on any atom is -0.361 e. The van der Waals surface area contributed by atoms with Gasteiger partial charge in [0.25, 0.3) is 0 Å². The minimum atomic E-state index is -0.188. The first-order valence-corrected chi connectivity index (χ1v) is 10.5.